The molecule has 0 saturated carbocycles. The molecular formula is C42H99N3O17P2. The maximum absolute atomic E-state index is 10.4. The first-order chi connectivity index (χ1) is 30.7. The van der Waals surface area contributed by atoms with E-state index in [1.807, 2.05) is 0 Å². The van der Waals surface area contributed by atoms with Crippen LogP contribution in [0.5, 0.6) is 0 Å². The van der Waals surface area contributed by atoms with E-state index in [4.69, 9.17) is 65.5 Å². The van der Waals surface area contributed by atoms with E-state index in [9.17, 15) is 9.13 Å². The van der Waals surface area contributed by atoms with E-state index < -0.39 is 15.6 Å². The van der Waals surface area contributed by atoms with Crippen molar-refractivity contribution >= 4 is 15.6 Å². The van der Waals surface area contributed by atoms with Crippen molar-refractivity contribution in [1.82, 2.24) is 14.7 Å². The summed E-state index contributed by atoms with van der Waals surface area (Å²) in [7, 11) is -8.49. The lowest BCUT2D eigenvalue weighted by Crippen LogP contribution is -2.32. The number of hydrogen-bond donors (Lipinski definition) is 13. The Balaban J connectivity index is -0.000000232. The fourth-order valence-corrected chi connectivity index (χ4v) is 6.56. The molecule has 22 heteroatoms. The maximum atomic E-state index is 10.4. The quantitative estimate of drug-likeness (QED) is 0.0309. The Hall–Kier alpha value is -0.260. The standard InChI is InChI=1S/2C12H27O4P.3C6H15NO3/c2*1-2-3-4-5-6-7-8-9-10-11-12-16-17(13,14)15;3*8-4-1-7(2-5-9)3-6-10/h2*2-12H2,1H3,(H2,13,14,15);3*8-10H,1-6H2. The van der Waals surface area contributed by atoms with Gasteiger partial charge in [0, 0.05) is 58.9 Å². The van der Waals surface area contributed by atoms with Crippen molar-refractivity contribution in [3.05, 3.63) is 0 Å². The zero-order valence-corrected chi connectivity index (χ0v) is 41.8. The van der Waals surface area contributed by atoms with Gasteiger partial charge in [0.05, 0.1) is 72.7 Å². The summed E-state index contributed by atoms with van der Waals surface area (Å²) in [5.74, 6) is 0. The van der Waals surface area contributed by atoms with Crippen LogP contribution in [0.15, 0.2) is 0 Å². The highest BCUT2D eigenvalue weighted by Crippen LogP contribution is 2.36. The second-order valence-electron chi connectivity index (χ2n) is 15.0. The van der Waals surface area contributed by atoms with E-state index in [1.165, 1.54) is 89.9 Å². The van der Waals surface area contributed by atoms with E-state index in [2.05, 4.69) is 22.9 Å². The van der Waals surface area contributed by atoms with E-state index in [0.717, 1.165) is 38.5 Å². The Kier molecular flexibility index (Phi) is 69.0. The average Bonchev–Trinajstić information content (AvgIpc) is 3.23. The molecule has 0 bridgehead atoms. The molecule has 0 fully saturated rings. The van der Waals surface area contributed by atoms with Crippen molar-refractivity contribution in [2.24, 2.45) is 0 Å². The third-order valence-electron chi connectivity index (χ3n) is 9.26. The fourth-order valence-electron chi connectivity index (χ4n) is 5.82. The number of unbranched alkanes of at least 4 members (excludes halogenated alkanes) is 18. The molecule has 20 nitrogen and oxygen atoms in total. The van der Waals surface area contributed by atoms with Gasteiger partial charge >= 0.3 is 15.6 Å². The SMILES string of the molecule is CCCCCCCCCCCCOP(=O)(O)O.CCCCCCCCCCCCOP(=O)(O)O.OCCN(CCO)CCO.OCCN(CCO)CCO.OCCN(CCO)CCO. The molecule has 0 aliphatic carbocycles. The number of rotatable bonds is 42. The van der Waals surface area contributed by atoms with Crippen molar-refractivity contribution in [2.45, 2.75) is 142 Å². The number of phosphoric ester groups is 2. The highest BCUT2D eigenvalue weighted by atomic mass is 31.2. The van der Waals surface area contributed by atoms with Crippen molar-refractivity contribution in [3.63, 3.8) is 0 Å². The predicted octanol–water partition coefficient (Wildman–Crippen LogP) is 2.83. The Labute approximate surface area is 387 Å². The van der Waals surface area contributed by atoms with Crippen LogP contribution in [0.4, 0.5) is 0 Å². The molecule has 0 saturated heterocycles. The Morgan fingerprint density at radius 2 is 0.453 bits per heavy atom. The van der Waals surface area contributed by atoms with Crippen LogP contribution in [0.25, 0.3) is 0 Å². The molecule has 0 unspecified atom stereocenters. The molecule has 0 aliphatic rings. The van der Waals surface area contributed by atoms with Gasteiger partial charge in [-0.2, -0.15) is 0 Å². The molecule has 0 amide bonds. The van der Waals surface area contributed by atoms with E-state index >= 15 is 0 Å². The number of nitrogens with zero attached hydrogens (tertiary/aromatic N) is 3. The molecule has 13 N–H and O–H groups in total. The summed E-state index contributed by atoms with van der Waals surface area (Å²) in [6, 6.07) is 0. The second kappa shape index (κ2) is 60.8. The van der Waals surface area contributed by atoms with E-state index in [0.29, 0.717) is 58.9 Å². The van der Waals surface area contributed by atoms with Gasteiger partial charge in [0.15, 0.2) is 0 Å². The van der Waals surface area contributed by atoms with Crippen molar-refractivity contribution in [3.8, 4) is 0 Å². The zero-order valence-electron chi connectivity index (χ0n) is 40.0. The predicted molar refractivity (Wildman–Crippen MR) is 253 cm³/mol. The van der Waals surface area contributed by atoms with E-state index in [1.54, 1.807) is 14.7 Å². The molecule has 0 rings (SSSR count). The summed E-state index contributed by atoms with van der Waals surface area (Å²) in [6.45, 7) is 10.0. The number of aliphatic hydroxyl groups is 9. The minimum atomic E-state index is -4.24. The van der Waals surface area contributed by atoms with Crippen LogP contribution in [-0.2, 0) is 18.2 Å². The van der Waals surface area contributed by atoms with Crippen LogP contribution in [-0.4, -0.2) is 212 Å². The Morgan fingerprint density at radius 1 is 0.297 bits per heavy atom. The van der Waals surface area contributed by atoms with Gasteiger partial charge < -0.3 is 65.5 Å². The smallest absolute Gasteiger partial charge is 0.395 e. The summed E-state index contributed by atoms with van der Waals surface area (Å²) >= 11 is 0. The monoisotopic (exact) mass is 980 g/mol. The lowest BCUT2D eigenvalue weighted by Gasteiger charge is -2.17. The highest BCUT2D eigenvalue weighted by Gasteiger charge is 2.13. The zero-order chi connectivity index (χ0) is 49.4. The first-order valence-electron chi connectivity index (χ1n) is 23.7. The van der Waals surface area contributed by atoms with Crippen molar-refractivity contribution in [1.29, 1.82) is 0 Å². The maximum Gasteiger partial charge on any atom is 0.469 e. The van der Waals surface area contributed by atoms with E-state index in [-0.39, 0.29) is 72.7 Å². The number of hydrogen-bond acceptors (Lipinski definition) is 16. The van der Waals surface area contributed by atoms with Crippen molar-refractivity contribution < 1.29 is 83.7 Å². The van der Waals surface area contributed by atoms with Gasteiger partial charge in [0.25, 0.3) is 0 Å². The van der Waals surface area contributed by atoms with Gasteiger partial charge in [0.2, 0.25) is 0 Å². The van der Waals surface area contributed by atoms with Crippen LogP contribution in [0.2, 0.25) is 0 Å². The summed E-state index contributed by atoms with van der Waals surface area (Å²) in [5.41, 5.74) is 0. The molecule has 0 aromatic rings. The lowest BCUT2D eigenvalue weighted by atomic mass is 10.1. The molecule has 0 atom stereocenters. The van der Waals surface area contributed by atoms with Gasteiger partial charge in [-0.1, -0.05) is 129 Å². The van der Waals surface area contributed by atoms with Gasteiger partial charge in [-0.05, 0) is 12.8 Å². The van der Waals surface area contributed by atoms with Crippen LogP contribution >= 0.6 is 15.6 Å². The van der Waals surface area contributed by atoms with Crippen LogP contribution in [0, 0.1) is 0 Å². The molecular weight excluding hydrogens is 880 g/mol. The first kappa shape index (κ1) is 72.7. The summed E-state index contributed by atoms with van der Waals surface area (Å²) in [6.07, 6.45) is 24.1. The number of phosphoric acid groups is 2. The normalized spacial score (nSPS) is 11.4. The van der Waals surface area contributed by atoms with Crippen molar-refractivity contribution in [2.75, 3.05) is 132 Å². The summed E-state index contributed by atoms with van der Waals surface area (Å²) < 4.78 is 29.5. The van der Waals surface area contributed by atoms with Gasteiger partial charge in [-0.25, -0.2) is 9.13 Å². The molecule has 0 spiro atoms. The fraction of sp³-hybridized carbons (Fsp3) is 1.00. The topological polar surface area (TPSA) is 325 Å². The minimum absolute atomic E-state index is 0.0694. The largest absolute Gasteiger partial charge is 0.469 e. The molecule has 394 valence electrons. The molecule has 0 aromatic heterocycles. The molecule has 0 aromatic carbocycles. The average molecular weight is 980 g/mol. The Morgan fingerprint density at radius 3 is 0.594 bits per heavy atom. The third-order valence-corrected chi connectivity index (χ3v) is 10.3. The van der Waals surface area contributed by atoms with Gasteiger partial charge in [0.1, 0.15) is 0 Å². The second-order valence-corrected chi connectivity index (χ2v) is 17.5. The van der Waals surface area contributed by atoms with Crippen LogP contribution in [0.3, 0.4) is 0 Å². The van der Waals surface area contributed by atoms with Gasteiger partial charge in [-0.15, -0.1) is 0 Å². The Bertz CT molecular complexity index is 801. The molecule has 64 heavy (non-hydrogen) atoms. The summed E-state index contributed by atoms with van der Waals surface area (Å²) in [4.78, 5) is 39.2. The number of aliphatic hydroxyl groups excluding tert-OH is 9. The molecule has 0 heterocycles. The lowest BCUT2D eigenvalue weighted by molar-refractivity contribution is 0.136. The molecule has 0 aliphatic heterocycles. The minimum Gasteiger partial charge on any atom is -0.395 e. The first-order valence-corrected chi connectivity index (χ1v) is 26.8. The van der Waals surface area contributed by atoms with Crippen LogP contribution < -0.4 is 0 Å². The summed E-state index contributed by atoms with van der Waals surface area (Å²) in [5, 5.41) is 76.4. The van der Waals surface area contributed by atoms with Crippen LogP contribution in [0.1, 0.15) is 142 Å². The molecule has 0 radical (unpaired) electrons. The van der Waals surface area contributed by atoms with Gasteiger partial charge in [-0.3, -0.25) is 23.7 Å². The highest BCUT2D eigenvalue weighted by molar-refractivity contribution is 7.46. The third kappa shape index (κ3) is 76.0.